The number of rotatable bonds is 10. The van der Waals surface area contributed by atoms with Gasteiger partial charge in [-0.1, -0.05) is 0 Å². The fourth-order valence-electron chi connectivity index (χ4n) is 1.09. The second-order valence-corrected chi connectivity index (χ2v) is 3.57. The van der Waals surface area contributed by atoms with Gasteiger partial charge in [-0.2, -0.15) is 0 Å². The Balaban J connectivity index is 3.81. The number of urea groups is 1. The smallest absolute Gasteiger partial charge is 0.326 e. The molecule has 0 rings (SSSR count). The van der Waals surface area contributed by atoms with Crippen molar-refractivity contribution in [2.24, 2.45) is 5.73 Å². The average Bonchev–Trinajstić information content (AvgIpc) is 2.32. The topological polar surface area (TPSA) is 140 Å². The van der Waals surface area contributed by atoms with Crippen molar-refractivity contribution in [2.45, 2.75) is 12.5 Å². The van der Waals surface area contributed by atoms with Gasteiger partial charge < -0.3 is 30.9 Å². The second kappa shape index (κ2) is 10.1. The number of nitrogens with one attached hydrogen (secondary N) is 2. The summed E-state index contributed by atoms with van der Waals surface area (Å²) in [4.78, 5) is 32.7. The van der Waals surface area contributed by atoms with Gasteiger partial charge in [0, 0.05) is 13.7 Å². The molecule has 0 aliphatic rings. The van der Waals surface area contributed by atoms with Crippen LogP contribution in [0.25, 0.3) is 0 Å². The SMILES string of the molecule is COCCOCCNC(=O)N[C@@H](CC(N)=O)C(=O)O. The molecule has 0 heterocycles. The maximum absolute atomic E-state index is 11.3. The van der Waals surface area contributed by atoms with Crippen molar-refractivity contribution >= 4 is 17.9 Å². The van der Waals surface area contributed by atoms with E-state index in [1.807, 2.05) is 0 Å². The van der Waals surface area contributed by atoms with Gasteiger partial charge in [0.25, 0.3) is 0 Å². The molecular formula is C10H19N3O6. The molecule has 1 atom stereocenters. The third kappa shape index (κ3) is 9.80. The van der Waals surface area contributed by atoms with Crippen molar-refractivity contribution in [1.29, 1.82) is 0 Å². The zero-order valence-corrected chi connectivity index (χ0v) is 10.7. The van der Waals surface area contributed by atoms with Gasteiger partial charge in [0.2, 0.25) is 5.91 Å². The van der Waals surface area contributed by atoms with E-state index in [2.05, 4.69) is 10.6 Å². The zero-order valence-electron chi connectivity index (χ0n) is 10.7. The highest BCUT2D eigenvalue weighted by atomic mass is 16.5. The summed E-state index contributed by atoms with van der Waals surface area (Å²) in [6.45, 7) is 1.33. The highest BCUT2D eigenvalue weighted by Gasteiger charge is 2.21. The summed E-state index contributed by atoms with van der Waals surface area (Å²) in [6, 6.07) is -2.05. The summed E-state index contributed by atoms with van der Waals surface area (Å²) in [5, 5.41) is 13.3. The first-order valence-electron chi connectivity index (χ1n) is 5.59. The minimum atomic E-state index is -1.34. The number of hydrogen-bond acceptors (Lipinski definition) is 5. The lowest BCUT2D eigenvalue weighted by Crippen LogP contribution is -2.48. The lowest BCUT2D eigenvalue weighted by molar-refractivity contribution is -0.140. The lowest BCUT2D eigenvalue weighted by Gasteiger charge is -2.13. The van der Waals surface area contributed by atoms with Crippen LogP contribution in [0.4, 0.5) is 4.79 Å². The van der Waals surface area contributed by atoms with E-state index in [0.29, 0.717) is 13.2 Å². The van der Waals surface area contributed by atoms with Crippen LogP contribution in [0.3, 0.4) is 0 Å². The number of primary amides is 1. The largest absolute Gasteiger partial charge is 0.480 e. The number of carboxylic acid groups (broad SMARTS) is 1. The number of carbonyl (C=O) groups is 3. The molecule has 0 bridgehead atoms. The van der Waals surface area contributed by atoms with Crippen LogP contribution in [0.1, 0.15) is 6.42 Å². The monoisotopic (exact) mass is 277 g/mol. The third-order valence-corrected chi connectivity index (χ3v) is 1.97. The van der Waals surface area contributed by atoms with Crippen LogP contribution in [0, 0.1) is 0 Å². The van der Waals surface area contributed by atoms with Crippen LogP contribution < -0.4 is 16.4 Å². The van der Waals surface area contributed by atoms with E-state index < -0.39 is 30.4 Å². The van der Waals surface area contributed by atoms with E-state index >= 15 is 0 Å². The number of hydrogen-bond donors (Lipinski definition) is 4. The number of carboxylic acids is 1. The normalized spacial score (nSPS) is 11.6. The molecule has 0 radical (unpaired) electrons. The molecule has 3 amide bonds. The molecule has 0 saturated carbocycles. The molecule has 9 heteroatoms. The quantitative estimate of drug-likeness (QED) is 0.350. The Morgan fingerprint density at radius 1 is 1.26 bits per heavy atom. The fourth-order valence-corrected chi connectivity index (χ4v) is 1.09. The van der Waals surface area contributed by atoms with Gasteiger partial charge in [-0.3, -0.25) is 4.79 Å². The van der Waals surface area contributed by atoms with Gasteiger partial charge in [-0.15, -0.1) is 0 Å². The average molecular weight is 277 g/mol. The van der Waals surface area contributed by atoms with E-state index in [9.17, 15) is 14.4 Å². The Bertz CT molecular complexity index is 310. The van der Waals surface area contributed by atoms with Crippen LogP contribution in [0.15, 0.2) is 0 Å². The van der Waals surface area contributed by atoms with Gasteiger partial charge in [0.1, 0.15) is 6.04 Å². The van der Waals surface area contributed by atoms with Gasteiger partial charge in [0.15, 0.2) is 0 Å². The number of carbonyl (C=O) groups excluding carboxylic acids is 2. The van der Waals surface area contributed by atoms with Gasteiger partial charge in [-0.25, -0.2) is 9.59 Å². The molecule has 19 heavy (non-hydrogen) atoms. The number of nitrogens with two attached hydrogens (primary N) is 1. The summed E-state index contributed by atoms with van der Waals surface area (Å²) < 4.78 is 9.84. The van der Waals surface area contributed by atoms with Crippen molar-refractivity contribution in [1.82, 2.24) is 10.6 Å². The Hall–Kier alpha value is -1.87. The van der Waals surface area contributed by atoms with E-state index in [4.69, 9.17) is 20.3 Å². The summed E-state index contributed by atoms with van der Waals surface area (Å²) in [7, 11) is 1.54. The highest BCUT2D eigenvalue weighted by molar-refractivity contribution is 5.87. The molecule has 0 aromatic rings. The molecule has 0 saturated heterocycles. The predicted molar refractivity (Wildman–Crippen MR) is 64.5 cm³/mol. The first kappa shape index (κ1) is 17.1. The van der Waals surface area contributed by atoms with Crippen molar-refractivity contribution in [2.75, 3.05) is 33.5 Å². The summed E-state index contributed by atoms with van der Waals surface area (Å²) in [5.74, 6) is -2.14. The molecular weight excluding hydrogens is 258 g/mol. The van der Waals surface area contributed by atoms with E-state index in [1.54, 1.807) is 7.11 Å². The Labute approximate surface area is 110 Å². The Kier molecular flexibility index (Phi) is 9.10. The molecule has 0 aliphatic carbocycles. The molecule has 9 nitrogen and oxygen atoms in total. The highest BCUT2D eigenvalue weighted by Crippen LogP contribution is 1.91. The minimum absolute atomic E-state index is 0.207. The van der Waals surface area contributed by atoms with Crippen molar-refractivity contribution in [3.05, 3.63) is 0 Å². The van der Waals surface area contributed by atoms with Gasteiger partial charge in [-0.05, 0) is 0 Å². The van der Waals surface area contributed by atoms with E-state index in [0.717, 1.165) is 0 Å². The second-order valence-electron chi connectivity index (χ2n) is 3.57. The zero-order chi connectivity index (χ0) is 14.7. The maximum atomic E-state index is 11.3. The van der Waals surface area contributed by atoms with Crippen LogP contribution in [0.2, 0.25) is 0 Å². The van der Waals surface area contributed by atoms with E-state index in [1.165, 1.54) is 0 Å². The summed E-state index contributed by atoms with van der Waals surface area (Å²) in [5.41, 5.74) is 4.87. The van der Waals surface area contributed by atoms with Crippen molar-refractivity contribution < 1.29 is 29.0 Å². The molecule has 0 fully saturated rings. The molecule has 0 unspecified atom stereocenters. The molecule has 0 spiro atoms. The van der Waals surface area contributed by atoms with Crippen LogP contribution in [-0.2, 0) is 19.1 Å². The standard InChI is InChI=1S/C10H19N3O6/c1-18-4-5-19-3-2-12-10(17)13-7(9(15)16)6-8(11)14/h7H,2-6H2,1H3,(H2,11,14)(H,15,16)(H2,12,13,17)/t7-/m0/s1. The van der Waals surface area contributed by atoms with Crippen LogP contribution in [-0.4, -0.2) is 62.5 Å². The Morgan fingerprint density at radius 3 is 2.47 bits per heavy atom. The Morgan fingerprint density at radius 2 is 1.95 bits per heavy atom. The lowest BCUT2D eigenvalue weighted by atomic mass is 10.2. The number of ether oxygens (including phenoxy) is 2. The predicted octanol–water partition coefficient (Wildman–Crippen LogP) is -1.72. The number of methoxy groups -OCH3 is 1. The molecule has 5 N–H and O–H groups in total. The maximum Gasteiger partial charge on any atom is 0.326 e. The number of amides is 3. The molecule has 110 valence electrons. The van der Waals surface area contributed by atoms with Crippen LogP contribution in [0.5, 0.6) is 0 Å². The van der Waals surface area contributed by atoms with Gasteiger partial charge in [0.05, 0.1) is 26.2 Å². The van der Waals surface area contributed by atoms with Crippen LogP contribution >= 0.6 is 0 Å². The van der Waals surface area contributed by atoms with E-state index in [-0.39, 0.29) is 13.2 Å². The van der Waals surface area contributed by atoms with Crippen molar-refractivity contribution in [3.63, 3.8) is 0 Å². The molecule has 0 aromatic heterocycles. The van der Waals surface area contributed by atoms with Crippen molar-refractivity contribution in [3.8, 4) is 0 Å². The minimum Gasteiger partial charge on any atom is -0.480 e. The number of aliphatic carboxylic acids is 1. The first-order chi connectivity index (χ1) is 8.97. The molecule has 0 aromatic carbocycles. The van der Waals surface area contributed by atoms with Gasteiger partial charge >= 0.3 is 12.0 Å². The summed E-state index contributed by atoms with van der Waals surface area (Å²) >= 11 is 0. The molecule has 0 aliphatic heterocycles. The fraction of sp³-hybridized carbons (Fsp3) is 0.700. The first-order valence-corrected chi connectivity index (χ1v) is 5.59. The summed E-state index contributed by atoms with van der Waals surface area (Å²) in [6.07, 6.45) is -0.465. The third-order valence-electron chi connectivity index (χ3n) is 1.97.